The highest BCUT2D eigenvalue weighted by Crippen LogP contribution is 2.26. The first kappa shape index (κ1) is 12.8. The molecule has 1 heterocycles. The molecule has 0 aromatic rings. The van der Waals surface area contributed by atoms with Gasteiger partial charge in [-0.2, -0.15) is 0 Å². The summed E-state index contributed by atoms with van der Waals surface area (Å²) < 4.78 is 5.28. The smallest absolute Gasteiger partial charge is 0.228 e. The second-order valence-corrected chi connectivity index (χ2v) is 5.46. The first-order chi connectivity index (χ1) is 8.18. The largest absolute Gasteiger partial charge is 0.392 e. The van der Waals surface area contributed by atoms with Crippen molar-refractivity contribution in [2.24, 2.45) is 11.7 Å². The van der Waals surface area contributed by atoms with Gasteiger partial charge in [0.25, 0.3) is 0 Å². The van der Waals surface area contributed by atoms with Gasteiger partial charge in [0.1, 0.15) is 0 Å². The van der Waals surface area contributed by atoms with Gasteiger partial charge in [-0.15, -0.1) is 0 Å². The molecule has 5 heteroatoms. The number of hydrogen-bond donors (Lipinski definition) is 1. The van der Waals surface area contributed by atoms with Crippen LogP contribution in [-0.2, 0) is 9.53 Å². The van der Waals surface area contributed by atoms with Crippen molar-refractivity contribution in [1.82, 2.24) is 4.90 Å². The minimum atomic E-state index is 0.0185. The topological polar surface area (TPSA) is 55.6 Å². The molecule has 1 atom stereocenters. The normalized spacial score (nSPS) is 25.1. The van der Waals surface area contributed by atoms with Gasteiger partial charge >= 0.3 is 0 Å². The molecular weight excluding hydrogens is 236 g/mol. The van der Waals surface area contributed by atoms with Gasteiger partial charge in [0.15, 0.2) is 0 Å². The summed E-state index contributed by atoms with van der Waals surface area (Å²) in [5.41, 5.74) is 5.60. The summed E-state index contributed by atoms with van der Waals surface area (Å²) in [7, 11) is 0. The van der Waals surface area contributed by atoms with Crippen molar-refractivity contribution in [2.75, 3.05) is 19.8 Å². The van der Waals surface area contributed by atoms with E-state index in [1.165, 1.54) is 12.8 Å². The second kappa shape index (κ2) is 5.78. The van der Waals surface area contributed by atoms with Gasteiger partial charge in [0.05, 0.1) is 24.1 Å². The van der Waals surface area contributed by atoms with Crippen molar-refractivity contribution < 1.29 is 9.53 Å². The molecule has 96 valence electrons. The lowest BCUT2D eigenvalue weighted by atomic mass is 10.1. The monoisotopic (exact) mass is 256 g/mol. The molecule has 1 saturated carbocycles. The van der Waals surface area contributed by atoms with Gasteiger partial charge in [-0.25, -0.2) is 0 Å². The molecule has 4 nitrogen and oxygen atoms in total. The third-order valence-electron chi connectivity index (χ3n) is 3.65. The molecule has 2 fully saturated rings. The average molecular weight is 256 g/mol. The lowest BCUT2D eigenvalue weighted by Crippen LogP contribution is -2.46. The molecular formula is C12H20N2O2S. The zero-order valence-electron chi connectivity index (χ0n) is 10.1. The third-order valence-corrected chi connectivity index (χ3v) is 3.78. The van der Waals surface area contributed by atoms with E-state index >= 15 is 0 Å². The summed E-state index contributed by atoms with van der Waals surface area (Å²) in [5.74, 6) is 0.201. The quantitative estimate of drug-likeness (QED) is 0.765. The second-order valence-electron chi connectivity index (χ2n) is 4.93. The van der Waals surface area contributed by atoms with Crippen molar-refractivity contribution in [3.05, 3.63) is 0 Å². The number of hydrogen-bond acceptors (Lipinski definition) is 3. The molecule has 1 aliphatic heterocycles. The van der Waals surface area contributed by atoms with E-state index in [0.717, 1.165) is 19.3 Å². The minimum Gasteiger partial charge on any atom is -0.392 e. The number of amides is 1. The lowest BCUT2D eigenvalue weighted by molar-refractivity contribution is -0.136. The summed E-state index contributed by atoms with van der Waals surface area (Å²) in [6, 6.07) is 0.338. The SMILES string of the molecule is NC(=S)CN(C(=O)C1CCOC1)C1CCCC1. The molecule has 0 bridgehead atoms. The zero-order chi connectivity index (χ0) is 12.3. The van der Waals surface area contributed by atoms with Crippen LogP contribution in [-0.4, -0.2) is 41.6 Å². The van der Waals surface area contributed by atoms with Crippen LogP contribution in [0.1, 0.15) is 32.1 Å². The van der Waals surface area contributed by atoms with Gasteiger partial charge in [-0.1, -0.05) is 25.1 Å². The van der Waals surface area contributed by atoms with E-state index in [4.69, 9.17) is 22.7 Å². The molecule has 0 aromatic carbocycles. The van der Waals surface area contributed by atoms with Crippen molar-refractivity contribution in [2.45, 2.75) is 38.1 Å². The Morgan fingerprint density at radius 1 is 1.35 bits per heavy atom. The van der Waals surface area contributed by atoms with Gasteiger partial charge in [0, 0.05) is 12.6 Å². The average Bonchev–Trinajstić information content (AvgIpc) is 2.96. The summed E-state index contributed by atoms with van der Waals surface area (Å²) in [5, 5.41) is 0. The maximum absolute atomic E-state index is 12.4. The molecule has 1 saturated heterocycles. The minimum absolute atomic E-state index is 0.0185. The highest BCUT2D eigenvalue weighted by atomic mass is 32.1. The van der Waals surface area contributed by atoms with Crippen LogP contribution in [0.3, 0.4) is 0 Å². The van der Waals surface area contributed by atoms with Crippen LogP contribution < -0.4 is 5.73 Å². The Labute approximate surface area is 107 Å². The fourth-order valence-corrected chi connectivity index (χ4v) is 2.87. The number of rotatable bonds is 4. The highest BCUT2D eigenvalue weighted by molar-refractivity contribution is 7.80. The number of nitrogens with zero attached hydrogens (tertiary/aromatic N) is 1. The van der Waals surface area contributed by atoms with Crippen molar-refractivity contribution in [3.8, 4) is 0 Å². The molecule has 0 spiro atoms. The van der Waals surface area contributed by atoms with E-state index < -0.39 is 0 Å². The predicted octanol–water partition coefficient (Wildman–Crippen LogP) is 1.08. The van der Waals surface area contributed by atoms with Gasteiger partial charge in [-0.05, 0) is 19.3 Å². The number of carbonyl (C=O) groups is 1. The summed E-state index contributed by atoms with van der Waals surface area (Å²) in [6.45, 7) is 1.68. The molecule has 17 heavy (non-hydrogen) atoms. The molecule has 0 radical (unpaired) electrons. The first-order valence-electron chi connectivity index (χ1n) is 6.35. The zero-order valence-corrected chi connectivity index (χ0v) is 10.9. The van der Waals surface area contributed by atoms with E-state index in [2.05, 4.69) is 0 Å². The van der Waals surface area contributed by atoms with E-state index in [1.54, 1.807) is 0 Å². The molecule has 1 amide bonds. The summed E-state index contributed by atoms with van der Waals surface area (Å²) in [4.78, 5) is 14.7. The number of carbonyl (C=O) groups excluding carboxylic acids is 1. The molecule has 1 aliphatic carbocycles. The van der Waals surface area contributed by atoms with Crippen LogP contribution in [0.25, 0.3) is 0 Å². The Balaban J connectivity index is 2.02. The molecule has 2 aliphatic rings. The van der Waals surface area contributed by atoms with Gasteiger partial charge in [0.2, 0.25) is 5.91 Å². The maximum Gasteiger partial charge on any atom is 0.228 e. The van der Waals surface area contributed by atoms with Crippen LogP contribution in [0, 0.1) is 5.92 Å². The molecule has 1 unspecified atom stereocenters. The van der Waals surface area contributed by atoms with Gasteiger partial charge in [-0.3, -0.25) is 4.79 Å². The van der Waals surface area contributed by atoms with Crippen molar-refractivity contribution in [1.29, 1.82) is 0 Å². The van der Waals surface area contributed by atoms with Gasteiger partial charge < -0.3 is 15.4 Å². The maximum atomic E-state index is 12.4. The Hall–Kier alpha value is -0.680. The Morgan fingerprint density at radius 2 is 2.06 bits per heavy atom. The van der Waals surface area contributed by atoms with Crippen molar-refractivity contribution >= 4 is 23.1 Å². The van der Waals surface area contributed by atoms with E-state index in [1.807, 2.05) is 4.90 Å². The van der Waals surface area contributed by atoms with Crippen LogP contribution in [0.5, 0.6) is 0 Å². The highest BCUT2D eigenvalue weighted by Gasteiger charge is 2.33. The Bertz CT molecular complexity index is 297. The fourth-order valence-electron chi connectivity index (χ4n) is 2.73. The number of nitrogens with two attached hydrogens (primary N) is 1. The van der Waals surface area contributed by atoms with Crippen LogP contribution in [0.15, 0.2) is 0 Å². The summed E-state index contributed by atoms with van der Waals surface area (Å²) in [6.07, 6.45) is 5.41. The fraction of sp³-hybridized carbons (Fsp3) is 0.833. The van der Waals surface area contributed by atoms with E-state index in [-0.39, 0.29) is 11.8 Å². The van der Waals surface area contributed by atoms with Crippen molar-refractivity contribution in [3.63, 3.8) is 0 Å². The first-order valence-corrected chi connectivity index (χ1v) is 6.76. The predicted molar refractivity (Wildman–Crippen MR) is 69.7 cm³/mol. The lowest BCUT2D eigenvalue weighted by Gasteiger charge is -2.30. The number of thiocarbonyl (C=S) groups is 1. The molecule has 0 aromatic heterocycles. The van der Waals surface area contributed by atoms with Crippen LogP contribution in [0.4, 0.5) is 0 Å². The number of ether oxygens (including phenoxy) is 1. The standard InChI is InChI=1S/C12H20N2O2S/c13-11(17)7-14(10-3-1-2-4-10)12(15)9-5-6-16-8-9/h9-10H,1-8H2,(H2,13,17). The molecule has 2 N–H and O–H groups in total. The Kier molecular flexibility index (Phi) is 4.34. The molecule has 2 rings (SSSR count). The van der Waals surface area contributed by atoms with Crippen LogP contribution in [0.2, 0.25) is 0 Å². The van der Waals surface area contributed by atoms with Crippen LogP contribution >= 0.6 is 12.2 Å². The van der Waals surface area contributed by atoms with E-state index in [0.29, 0.717) is 30.8 Å². The third kappa shape index (κ3) is 3.16. The summed E-state index contributed by atoms with van der Waals surface area (Å²) >= 11 is 4.95. The van der Waals surface area contributed by atoms with E-state index in [9.17, 15) is 4.79 Å². The Morgan fingerprint density at radius 3 is 2.59 bits per heavy atom.